The van der Waals surface area contributed by atoms with Crippen LogP contribution in [0.4, 0.5) is 5.69 Å². The van der Waals surface area contributed by atoms with Gasteiger partial charge in [0.15, 0.2) is 0 Å². The second-order valence-electron chi connectivity index (χ2n) is 9.22. The fourth-order valence-corrected chi connectivity index (χ4v) is 4.09. The lowest BCUT2D eigenvalue weighted by molar-refractivity contribution is 0.794. The molecule has 0 aromatic heterocycles. The maximum atomic E-state index is 6.41. The topological polar surface area (TPSA) is 12.0 Å². The number of hydrogen-bond acceptors (Lipinski definition) is 1. The second kappa shape index (κ2) is 15.5. The highest BCUT2D eigenvalue weighted by Gasteiger charge is 2.10. The molecule has 2 aromatic rings. The van der Waals surface area contributed by atoms with Crippen molar-refractivity contribution in [3.63, 3.8) is 0 Å². The minimum Gasteiger partial charge on any atom is -0.382 e. The molecular weight excluding hydrogens is 419 g/mol. The first-order valence-corrected chi connectivity index (χ1v) is 13.1. The van der Waals surface area contributed by atoms with Crippen molar-refractivity contribution in [1.29, 1.82) is 0 Å². The van der Waals surface area contributed by atoms with Crippen LogP contribution < -0.4 is 5.32 Å². The summed E-state index contributed by atoms with van der Waals surface area (Å²) in [4.78, 5) is 0. The van der Waals surface area contributed by atoms with Gasteiger partial charge in [-0.1, -0.05) is 81.9 Å². The number of rotatable bonds is 14. The van der Waals surface area contributed by atoms with Crippen LogP contribution in [-0.2, 0) is 12.8 Å². The molecule has 0 unspecified atom stereocenters. The van der Waals surface area contributed by atoms with Crippen molar-refractivity contribution in [3.8, 4) is 23.5 Å². The van der Waals surface area contributed by atoms with Gasteiger partial charge < -0.3 is 5.32 Å². The average molecular weight is 457 g/mol. The molecule has 0 amide bonds. The molecular formula is C31H38B3N. The Morgan fingerprint density at radius 2 is 1.43 bits per heavy atom. The number of aryl methyl sites for hydroxylation is 2. The molecule has 0 atom stereocenters. The monoisotopic (exact) mass is 457 g/mol. The van der Waals surface area contributed by atoms with E-state index in [1.165, 1.54) is 47.9 Å². The molecule has 0 aliphatic heterocycles. The van der Waals surface area contributed by atoms with Crippen LogP contribution in [0.5, 0.6) is 0 Å². The lowest BCUT2D eigenvalue weighted by Gasteiger charge is -2.18. The van der Waals surface area contributed by atoms with Crippen LogP contribution in [0.25, 0.3) is 11.1 Å². The molecule has 176 valence electrons. The van der Waals surface area contributed by atoms with Crippen LogP contribution >= 0.6 is 0 Å². The first kappa shape index (κ1) is 28.7. The smallest absolute Gasteiger partial charge is 0.126 e. The van der Waals surface area contributed by atoms with E-state index in [0.29, 0.717) is 23.0 Å². The quantitative estimate of drug-likeness (QED) is 0.179. The zero-order chi connectivity index (χ0) is 25.6. The van der Waals surface area contributed by atoms with Crippen molar-refractivity contribution in [1.82, 2.24) is 0 Å². The van der Waals surface area contributed by atoms with E-state index >= 15 is 0 Å². The molecule has 6 radical (unpaired) electrons. The highest BCUT2D eigenvalue weighted by molar-refractivity contribution is 6.35. The Bertz CT molecular complexity index is 1040. The zero-order valence-electron chi connectivity index (χ0n) is 21.9. The molecule has 0 fully saturated rings. The number of nitrogens with one attached hydrogen (secondary N) is 1. The van der Waals surface area contributed by atoms with E-state index in [-0.39, 0.29) is 0 Å². The van der Waals surface area contributed by atoms with E-state index in [2.05, 4.69) is 74.5 Å². The summed E-state index contributed by atoms with van der Waals surface area (Å²) < 4.78 is 0. The van der Waals surface area contributed by atoms with Gasteiger partial charge in [-0.15, -0.1) is 17.4 Å². The minimum atomic E-state index is 0.364. The largest absolute Gasteiger partial charge is 0.382 e. The van der Waals surface area contributed by atoms with Gasteiger partial charge in [0.2, 0.25) is 0 Å². The van der Waals surface area contributed by atoms with Crippen molar-refractivity contribution >= 4 is 29.2 Å². The molecule has 0 aliphatic carbocycles. The summed E-state index contributed by atoms with van der Waals surface area (Å²) in [6.45, 7) is 6.98. The number of anilines is 1. The van der Waals surface area contributed by atoms with Gasteiger partial charge >= 0.3 is 0 Å². The molecule has 4 heteroatoms. The Hall–Kier alpha value is -2.53. The summed E-state index contributed by atoms with van der Waals surface area (Å²) in [5, 5.41) is 3.51. The van der Waals surface area contributed by atoms with Crippen LogP contribution in [0.1, 0.15) is 76.8 Å². The molecule has 35 heavy (non-hydrogen) atoms. The van der Waals surface area contributed by atoms with Crippen LogP contribution in [0.3, 0.4) is 0 Å². The fraction of sp³-hybridized carbons (Fsp3) is 0.419. The standard InChI is InChI=1S/C31H38B3N/c1-5-9-12-23-15-18-25(19-16-23)27-21-24(13-10-6-2)17-20-30(27)35-22-29(33)31(34)26(14-11-7-3)28(32)8-4/h4,15-21,35H,5-7,9-14,22H2,1-3H3/b28-26+,31-29-. The Labute approximate surface area is 218 Å². The predicted molar refractivity (Wildman–Crippen MR) is 157 cm³/mol. The van der Waals surface area contributed by atoms with E-state index < -0.39 is 0 Å². The molecule has 0 heterocycles. The molecule has 0 bridgehead atoms. The van der Waals surface area contributed by atoms with E-state index in [0.717, 1.165) is 43.4 Å². The third-order valence-electron chi connectivity index (χ3n) is 6.39. The van der Waals surface area contributed by atoms with E-state index in [4.69, 9.17) is 30.0 Å². The summed E-state index contributed by atoms with van der Waals surface area (Å²) in [5.41, 5.74) is 8.30. The third-order valence-corrected chi connectivity index (χ3v) is 6.39. The Kier molecular flexibility index (Phi) is 12.7. The van der Waals surface area contributed by atoms with Crippen LogP contribution in [0.15, 0.2) is 64.5 Å². The molecule has 0 spiro atoms. The molecule has 1 nitrogen and oxygen atoms in total. The van der Waals surface area contributed by atoms with Gasteiger partial charge in [0.05, 0.1) is 0 Å². The van der Waals surface area contributed by atoms with Gasteiger partial charge in [0, 0.05) is 17.8 Å². The average Bonchev–Trinajstić information content (AvgIpc) is 2.89. The molecule has 2 aromatic carbocycles. The lowest BCUT2D eigenvalue weighted by atomic mass is 9.71. The van der Waals surface area contributed by atoms with Crippen molar-refractivity contribution in [2.75, 3.05) is 11.9 Å². The van der Waals surface area contributed by atoms with Gasteiger partial charge in [-0.3, -0.25) is 0 Å². The Morgan fingerprint density at radius 1 is 0.829 bits per heavy atom. The summed E-state index contributed by atoms with van der Waals surface area (Å²) in [6.07, 6.45) is 15.2. The number of allylic oxidation sites excluding steroid dienone is 3. The normalized spacial score (nSPS) is 12.5. The van der Waals surface area contributed by atoms with Gasteiger partial charge in [0.1, 0.15) is 23.5 Å². The molecule has 0 saturated carbocycles. The number of terminal acetylenes is 1. The number of hydrogen-bond donors (Lipinski definition) is 1. The van der Waals surface area contributed by atoms with Crippen molar-refractivity contribution < 1.29 is 0 Å². The summed E-state index contributed by atoms with van der Waals surface area (Å²) in [5.74, 6) is 2.52. The van der Waals surface area contributed by atoms with Gasteiger partial charge in [-0.25, -0.2) is 0 Å². The van der Waals surface area contributed by atoms with Crippen LogP contribution in [0.2, 0.25) is 0 Å². The Morgan fingerprint density at radius 3 is 2.03 bits per heavy atom. The van der Waals surface area contributed by atoms with Crippen molar-refractivity contribution in [2.24, 2.45) is 0 Å². The molecule has 0 aliphatic rings. The van der Waals surface area contributed by atoms with Crippen LogP contribution in [0, 0.1) is 12.3 Å². The van der Waals surface area contributed by atoms with Crippen molar-refractivity contribution in [2.45, 2.75) is 78.6 Å². The second-order valence-corrected chi connectivity index (χ2v) is 9.22. The van der Waals surface area contributed by atoms with E-state index in [9.17, 15) is 0 Å². The van der Waals surface area contributed by atoms with Gasteiger partial charge in [-0.2, -0.15) is 0 Å². The number of unbranched alkanes of at least 4 members (excludes halogenated alkanes) is 3. The summed E-state index contributed by atoms with van der Waals surface area (Å²) >= 11 is 0. The summed E-state index contributed by atoms with van der Waals surface area (Å²) in [6, 6.07) is 15.6. The predicted octanol–water partition coefficient (Wildman–Crippen LogP) is 7.25. The van der Waals surface area contributed by atoms with E-state index in [1.54, 1.807) is 0 Å². The fourth-order valence-electron chi connectivity index (χ4n) is 4.09. The minimum absolute atomic E-state index is 0.364. The first-order chi connectivity index (χ1) is 16.9. The molecule has 2 rings (SSSR count). The summed E-state index contributed by atoms with van der Waals surface area (Å²) in [7, 11) is 18.9. The first-order valence-electron chi connectivity index (χ1n) is 13.1. The highest BCUT2D eigenvalue weighted by Crippen LogP contribution is 2.31. The molecule has 1 N–H and O–H groups in total. The SMILES string of the molecule is [B]/C(C#C)=C(CCCC)/C([B])=C(/[B])CNc1ccc(CCCC)cc1-c1ccc(CCCC)cc1. The number of benzene rings is 2. The molecule has 0 saturated heterocycles. The van der Waals surface area contributed by atoms with Crippen molar-refractivity contribution in [3.05, 3.63) is 75.6 Å². The maximum absolute atomic E-state index is 6.41. The van der Waals surface area contributed by atoms with Crippen LogP contribution in [-0.4, -0.2) is 30.1 Å². The maximum Gasteiger partial charge on any atom is 0.126 e. The third kappa shape index (κ3) is 8.89. The lowest BCUT2D eigenvalue weighted by Crippen LogP contribution is -2.11. The zero-order valence-corrected chi connectivity index (χ0v) is 21.9. The van der Waals surface area contributed by atoms with Gasteiger partial charge in [-0.05, 0) is 72.8 Å². The van der Waals surface area contributed by atoms with E-state index in [1.807, 2.05) is 0 Å². The Balaban J connectivity index is 2.33. The van der Waals surface area contributed by atoms with Gasteiger partial charge in [0.25, 0.3) is 0 Å². The highest BCUT2D eigenvalue weighted by atomic mass is 14.9.